The van der Waals surface area contributed by atoms with Crippen LogP contribution in [0.25, 0.3) is 0 Å². The Morgan fingerprint density at radius 2 is 1.95 bits per heavy atom. The summed E-state index contributed by atoms with van der Waals surface area (Å²) in [7, 11) is 1.77. The van der Waals surface area contributed by atoms with E-state index in [4.69, 9.17) is 4.74 Å². The monoisotopic (exact) mass is 290 g/mol. The van der Waals surface area contributed by atoms with E-state index in [9.17, 15) is 9.59 Å². The van der Waals surface area contributed by atoms with Gasteiger partial charge in [0.05, 0.1) is 13.2 Å². The van der Waals surface area contributed by atoms with E-state index in [1.54, 1.807) is 11.9 Å². The summed E-state index contributed by atoms with van der Waals surface area (Å²) in [5, 5.41) is 2.94. The summed E-state index contributed by atoms with van der Waals surface area (Å²) in [5.41, 5.74) is 4.12. The van der Waals surface area contributed by atoms with Crippen LogP contribution in [0.3, 0.4) is 0 Å². The first-order valence-corrected chi connectivity index (χ1v) is 7.13. The zero-order valence-electron chi connectivity index (χ0n) is 13.0. The summed E-state index contributed by atoms with van der Waals surface area (Å²) in [5.74, 6) is -0.361. The minimum absolute atomic E-state index is 0.118. The van der Waals surface area contributed by atoms with E-state index in [-0.39, 0.29) is 24.5 Å². The zero-order valence-corrected chi connectivity index (χ0v) is 13.0. The number of benzene rings is 1. The Kier molecular flexibility index (Phi) is 4.63. The normalized spacial score (nSPS) is 18.0. The van der Waals surface area contributed by atoms with Crippen molar-refractivity contribution < 1.29 is 14.3 Å². The van der Waals surface area contributed by atoms with Crippen LogP contribution >= 0.6 is 0 Å². The second kappa shape index (κ2) is 6.26. The zero-order chi connectivity index (χ0) is 15.6. The number of rotatable bonds is 4. The van der Waals surface area contributed by atoms with Crippen LogP contribution in [0, 0.1) is 20.8 Å². The van der Waals surface area contributed by atoms with Gasteiger partial charge in [0.2, 0.25) is 5.91 Å². The molecule has 1 N–H and O–H groups in total. The second-order valence-electron chi connectivity index (χ2n) is 5.71. The van der Waals surface area contributed by atoms with Gasteiger partial charge in [-0.25, -0.2) is 0 Å². The van der Waals surface area contributed by atoms with Crippen LogP contribution in [0.2, 0.25) is 0 Å². The number of aryl methyl sites for hydroxylation is 3. The minimum atomic E-state index is -0.309. The molecule has 1 amide bonds. The van der Waals surface area contributed by atoms with Crippen LogP contribution in [0.1, 0.15) is 23.1 Å². The fraction of sp³-hybridized carbons (Fsp3) is 0.500. The van der Waals surface area contributed by atoms with E-state index in [1.807, 2.05) is 32.9 Å². The van der Waals surface area contributed by atoms with Crippen molar-refractivity contribution in [2.45, 2.75) is 33.2 Å². The molecule has 0 spiro atoms. The number of hydrogen-bond acceptors (Lipinski definition) is 4. The predicted molar refractivity (Wildman–Crippen MR) is 81.3 cm³/mol. The van der Waals surface area contributed by atoms with Crippen LogP contribution in [-0.2, 0) is 14.3 Å². The summed E-state index contributed by atoms with van der Waals surface area (Å²) in [6.45, 7) is 6.60. The highest BCUT2D eigenvalue weighted by atomic mass is 16.5. The fourth-order valence-corrected chi connectivity index (χ4v) is 2.78. The molecule has 1 fully saturated rings. The quantitative estimate of drug-likeness (QED) is 0.859. The van der Waals surface area contributed by atoms with Gasteiger partial charge < -0.3 is 10.1 Å². The van der Waals surface area contributed by atoms with Crippen LogP contribution in [0.4, 0.5) is 5.69 Å². The maximum absolute atomic E-state index is 12.2. The molecule has 1 aliphatic rings. The predicted octanol–water partition coefficient (Wildman–Crippen LogP) is 1.80. The second-order valence-corrected chi connectivity index (χ2v) is 5.71. The van der Waals surface area contributed by atoms with Crippen molar-refractivity contribution in [2.75, 3.05) is 25.5 Å². The lowest BCUT2D eigenvalue weighted by molar-refractivity contribution is -0.142. The van der Waals surface area contributed by atoms with Crippen molar-refractivity contribution in [1.82, 2.24) is 4.90 Å². The van der Waals surface area contributed by atoms with Crippen molar-refractivity contribution in [2.24, 2.45) is 0 Å². The van der Waals surface area contributed by atoms with Crippen LogP contribution < -0.4 is 5.32 Å². The van der Waals surface area contributed by atoms with Gasteiger partial charge in [0.25, 0.3) is 0 Å². The molecule has 0 saturated carbocycles. The number of cyclic esters (lactones) is 1. The van der Waals surface area contributed by atoms with Crippen molar-refractivity contribution >= 4 is 17.6 Å². The first-order chi connectivity index (χ1) is 9.88. The SMILES string of the molecule is Cc1cc(C)c(NC(=O)CN(C)C2CCOC2=O)c(C)c1. The number of likely N-dealkylation sites (N-methyl/N-ethyl adjacent to an activating group) is 1. The molecule has 0 aliphatic carbocycles. The molecule has 1 aliphatic heterocycles. The summed E-state index contributed by atoms with van der Waals surface area (Å²) < 4.78 is 4.93. The molecule has 5 heteroatoms. The first kappa shape index (κ1) is 15.5. The average molecular weight is 290 g/mol. The highest BCUT2D eigenvalue weighted by Gasteiger charge is 2.31. The fourth-order valence-electron chi connectivity index (χ4n) is 2.78. The van der Waals surface area contributed by atoms with Gasteiger partial charge in [-0.1, -0.05) is 17.7 Å². The maximum Gasteiger partial charge on any atom is 0.323 e. The number of ether oxygens (including phenoxy) is 1. The van der Waals surface area contributed by atoms with Crippen molar-refractivity contribution in [3.05, 3.63) is 28.8 Å². The largest absolute Gasteiger partial charge is 0.464 e. The lowest BCUT2D eigenvalue weighted by atomic mass is 10.1. The third kappa shape index (κ3) is 3.61. The summed E-state index contributed by atoms with van der Waals surface area (Å²) in [6.07, 6.45) is 0.644. The van der Waals surface area contributed by atoms with E-state index in [2.05, 4.69) is 5.32 Å². The smallest absolute Gasteiger partial charge is 0.323 e. The molecule has 0 bridgehead atoms. The van der Waals surface area contributed by atoms with Crippen molar-refractivity contribution in [3.8, 4) is 0 Å². The van der Waals surface area contributed by atoms with E-state index in [1.165, 1.54) is 5.56 Å². The van der Waals surface area contributed by atoms with Gasteiger partial charge in [-0.3, -0.25) is 14.5 Å². The molecular formula is C16H22N2O3. The van der Waals surface area contributed by atoms with E-state index < -0.39 is 0 Å². The highest BCUT2D eigenvalue weighted by molar-refractivity contribution is 5.94. The molecule has 1 aromatic carbocycles. The molecular weight excluding hydrogens is 268 g/mol. The lowest BCUT2D eigenvalue weighted by Crippen LogP contribution is -2.40. The first-order valence-electron chi connectivity index (χ1n) is 7.13. The van der Waals surface area contributed by atoms with Gasteiger partial charge in [-0.2, -0.15) is 0 Å². The van der Waals surface area contributed by atoms with Crippen LogP contribution in [-0.4, -0.2) is 43.0 Å². The van der Waals surface area contributed by atoms with Gasteiger partial charge >= 0.3 is 5.97 Å². The van der Waals surface area contributed by atoms with E-state index in [0.29, 0.717) is 13.0 Å². The number of nitrogens with one attached hydrogen (secondary N) is 1. The average Bonchev–Trinajstić information content (AvgIpc) is 2.80. The molecule has 0 radical (unpaired) electrons. The van der Waals surface area contributed by atoms with Gasteiger partial charge in [-0.15, -0.1) is 0 Å². The number of anilines is 1. The molecule has 21 heavy (non-hydrogen) atoms. The van der Waals surface area contributed by atoms with Crippen LogP contribution in [0.5, 0.6) is 0 Å². The Hall–Kier alpha value is -1.88. The van der Waals surface area contributed by atoms with Gasteiger partial charge in [0.1, 0.15) is 6.04 Å². The molecule has 1 aromatic rings. The lowest BCUT2D eigenvalue weighted by Gasteiger charge is -2.21. The number of esters is 1. The topological polar surface area (TPSA) is 58.6 Å². The van der Waals surface area contributed by atoms with E-state index >= 15 is 0 Å². The standard InChI is InChI=1S/C16H22N2O3/c1-10-7-11(2)15(12(3)8-10)17-14(19)9-18(4)13-5-6-21-16(13)20/h7-8,13H,5-6,9H2,1-4H3,(H,17,19). The molecule has 1 atom stereocenters. The van der Waals surface area contributed by atoms with Crippen molar-refractivity contribution in [3.63, 3.8) is 0 Å². The number of amides is 1. The Balaban J connectivity index is 2.00. The molecule has 0 aromatic heterocycles. The number of carbonyl (C=O) groups excluding carboxylic acids is 2. The Morgan fingerprint density at radius 1 is 1.33 bits per heavy atom. The third-order valence-electron chi connectivity index (χ3n) is 3.77. The highest BCUT2D eigenvalue weighted by Crippen LogP contribution is 2.22. The minimum Gasteiger partial charge on any atom is -0.464 e. The van der Waals surface area contributed by atoms with Crippen LogP contribution in [0.15, 0.2) is 12.1 Å². The summed E-state index contributed by atoms with van der Waals surface area (Å²) in [6, 6.07) is 3.78. The van der Waals surface area contributed by atoms with E-state index in [0.717, 1.165) is 16.8 Å². The molecule has 1 unspecified atom stereocenters. The number of nitrogens with zero attached hydrogens (tertiary/aromatic N) is 1. The van der Waals surface area contributed by atoms with Crippen molar-refractivity contribution in [1.29, 1.82) is 0 Å². The molecule has 1 saturated heterocycles. The summed E-state index contributed by atoms with van der Waals surface area (Å²) in [4.78, 5) is 25.4. The number of hydrogen-bond donors (Lipinski definition) is 1. The Labute approximate surface area is 125 Å². The molecule has 114 valence electrons. The molecule has 1 heterocycles. The third-order valence-corrected chi connectivity index (χ3v) is 3.77. The van der Waals surface area contributed by atoms with Gasteiger partial charge in [0.15, 0.2) is 0 Å². The molecule has 5 nitrogen and oxygen atoms in total. The maximum atomic E-state index is 12.2. The number of carbonyl (C=O) groups is 2. The molecule has 2 rings (SSSR count). The Morgan fingerprint density at radius 3 is 2.48 bits per heavy atom. The van der Waals surface area contributed by atoms with Gasteiger partial charge in [-0.05, 0) is 38.9 Å². The Bertz CT molecular complexity index is 546. The van der Waals surface area contributed by atoms with Gasteiger partial charge in [0, 0.05) is 12.1 Å². The summed E-state index contributed by atoms with van der Waals surface area (Å²) >= 11 is 0.